The highest BCUT2D eigenvalue weighted by atomic mass is 32.2. The summed E-state index contributed by atoms with van der Waals surface area (Å²) in [6, 6.07) is 0. The summed E-state index contributed by atoms with van der Waals surface area (Å²) in [5.41, 5.74) is 0. The SMILES string of the molecule is CSC(=NOC(=O)N(C)SN(C)C(=O)ON=C1n2ccnc2SC1(C)C)C(=O)N(C)C. The number of imidazole rings is 1. The molecule has 1 aliphatic heterocycles. The third-order valence-electron chi connectivity index (χ3n) is 3.68. The molecule has 0 N–H and O–H groups in total. The van der Waals surface area contributed by atoms with Crippen molar-refractivity contribution >= 4 is 64.6 Å². The van der Waals surface area contributed by atoms with Crippen LogP contribution < -0.4 is 0 Å². The Bertz CT molecular complexity index is 915. The van der Waals surface area contributed by atoms with Crippen LogP contribution in [0.2, 0.25) is 0 Å². The molecule has 0 fully saturated rings. The lowest BCUT2D eigenvalue weighted by Crippen LogP contribution is -2.31. The number of rotatable bonds is 4. The molecule has 1 aliphatic rings. The lowest BCUT2D eigenvalue weighted by molar-refractivity contribution is -0.121. The highest BCUT2D eigenvalue weighted by Crippen LogP contribution is 2.39. The fourth-order valence-electron chi connectivity index (χ4n) is 2.13. The molecule has 0 unspecified atom stereocenters. The summed E-state index contributed by atoms with van der Waals surface area (Å²) in [7, 11) is 5.89. The zero-order valence-electron chi connectivity index (χ0n) is 18.1. The van der Waals surface area contributed by atoms with Crippen molar-refractivity contribution < 1.29 is 24.1 Å². The van der Waals surface area contributed by atoms with Crippen LogP contribution in [-0.4, -0.2) is 91.2 Å². The van der Waals surface area contributed by atoms with Crippen molar-refractivity contribution in [1.29, 1.82) is 0 Å². The second-order valence-electron chi connectivity index (χ2n) is 6.70. The zero-order chi connectivity index (χ0) is 23.3. The first-order chi connectivity index (χ1) is 14.5. The van der Waals surface area contributed by atoms with E-state index in [1.54, 1.807) is 37.3 Å². The summed E-state index contributed by atoms with van der Waals surface area (Å²) >= 11 is 3.25. The Kier molecular flexibility index (Phi) is 8.25. The van der Waals surface area contributed by atoms with Gasteiger partial charge in [-0.3, -0.25) is 19.0 Å². The molecule has 0 radical (unpaired) electrons. The van der Waals surface area contributed by atoms with Crippen LogP contribution in [0.3, 0.4) is 0 Å². The maximum Gasteiger partial charge on any atom is 0.447 e. The molecule has 1 aromatic heterocycles. The number of nitrogens with zero attached hydrogens (tertiary/aromatic N) is 7. The Labute approximate surface area is 192 Å². The number of carbonyl (C=O) groups excluding carboxylic acids is 3. The van der Waals surface area contributed by atoms with Crippen LogP contribution in [0.4, 0.5) is 9.59 Å². The van der Waals surface area contributed by atoms with Crippen LogP contribution in [0.15, 0.2) is 27.9 Å². The van der Waals surface area contributed by atoms with Crippen LogP contribution in [0, 0.1) is 0 Å². The molecule has 12 nitrogen and oxygen atoms in total. The molecular weight excluding hydrogens is 466 g/mol. The van der Waals surface area contributed by atoms with Crippen LogP contribution in [0.25, 0.3) is 0 Å². The zero-order valence-corrected chi connectivity index (χ0v) is 20.5. The normalized spacial score (nSPS) is 16.0. The molecule has 0 aliphatic carbocycles. The maximum atomic E-state index is 12.3. The average Bonchev–Trinajstić information content (AvgIpc) is 3.23. The van der Waals surface area contributed by atoms with E-state index in [1.165, 1.54) is 30.8 Å². The number of hydrogen-bond acceptors (Lipinski definition) is 11. The molecule has 0 spiro atoms. The summed E-state index contributed by atoms with van der Waals surface area (Å²) in [6.45, 7) is 3.87. The monoisotopic (exact) mass is 489 g/mol. The van der Waals surface area contributed by atoms with Crippen molar-refractivity contribution in [1.82, 2.24) is 23.1 Å². The highest BCUT2D eigenvalue weighted by molar-refractivity contribution is 8.15. The smallest absolute Gasteiger partial charge is 0.343 e. The van der Waals surface area contributed by atoms with Crippen LogP contribution in [0.5, 0.6) is 0 Å². The predicted molar refractivity (Wildman–Crippen MR) is 121 cm³/mol. The summed E-state index contributed by atoms with van der Waals surface area (Å²) < 4.78 is 3.39. The number of carbonyl (C=O) groups is 3. The van der Waals surface area contributed by atoms with E-state index in [-0.39, 0.29) is 5.04 Å². The number of thioether (sulfide) groups is 2. The first-order valence-corrected chi connectivity index (χ1v) is 11.5. The number of amides is 3. The minimum absolute atomic E-state index is 0.0104. The van der Waals surface area contributed by atoms with Gasteiger partial charge in [-0.25, -0.2) is 23.2 Å². The van der Waals surface area contributed by atoms with Gasteiger partial charge in [0.1, 0.15) is 0 Å². The molecule has 0 saturated carbocycles. The van der Waals surface area contributed by atoms with E-state index in [2.05, 4.69) is 15.3 Å². The van der Waals surface area contributed by atoms with Gasteiger partial charge < -0.3 is 4.90 Å². The fourth-order valence-corrected chi connectivity index (χ4v) is 4.21. The molecule has 15 heteroatoms. The van der Waals surface area contributed by atoms with Crippen molar-refractivity contribution in [3.63, 3.8) is 0 Å². The predicted octanol–water partition coefficient (Wildman–Crippen LogP) is 2.39. The average molecular weight is 490 g/mol. The van der Waals surface area contributed by atoms with E-state index < -0.39 is 22.8 Å². The van der Waals surface area contributed by atoms with Gasteiger partial charge >= 0.3 is 12.2 Å². The lowest BCUT2D eigenvalue weighted by Gasteiger charge is -2.20. The van der Waals surface area contributed by atoms with E-state index in [9.17, 15) is 14.4 Å². The molecule has 2 rings (SSSR count). The Balaban J connectivity index is 1.93. The first kappa shape index (κ1) is 24.9. The topological polar surface area (TPSA) is 122 Å². The van der Waals surface area contributed by atoms with E-state index in [0.717, 1.165) is 25.5 Å². The summed E-state index contributed by atoms with van der Waals surface area (Å²) in [4.78, 5) is 51.6. The van der Waals surface area contributed by atoms with E-state index in [0.29, 0.717) is 18.0 Å². The molecule has 3 amide bonds. The van der Waals surface area contributed by atoms with Crippen molar-refractivity contribution in [3.05, 3.63) is 12.4 Å². The van der Waals surface area contributed by atoms with Gasteiger partial charge in [0, 0.05) is 40.6 Å². The highest BCUT2D eigenvalue weighted by Gasteiger charge is 2.38. The van der Waals surface area contributed by atoms with Gasteiger partial charge in [0.15, 0.2) is 11.0 Å². The standard InChI is InChI=1S/C16H23N7O5S3/c1-16(2)12(23-9-8-17-13(23)30-16)19-28-15(26)22(6)31-21(5)14(25)27-18-10(29-7)11(24)20(3)4/h8-9H,1-7H3. The van der Waals surface area contributed by atoms with E-state index in [4.69, 9.17) is 9.68 Å². The number of aromatic nitrogens is 2. The molecule has 0 atom stereocenters. The summed E-state index contributed by atoms with van der Waals surface area (Å²) in [5, 5.41) is 8.32. The van der Waals surface area contributed by atoms with Crippen LogP contribution >= 0.6 is 35.7 Å². The third kappa shape index (κ3) is 6.07. The van der Waals surface area contributed by atoms with Crippen LogP contribution in [-0.2, 0) is 14.5 Å². The molecule has 31 heavy (non-hydrogen) atoms. The van der Waals surface area contributed by atoms with Gasteiger partial charge in [0.05, 0.1) is 16.9 Å². The molecule has 170 valence electrons. The molecule has 1 aromatic rings. The van der Waals surface area contributed by atoms with Crippen molar-refractivity contribution in [2.75, 3.05) is 34.4 Å². The fraction of sp³-hybridized carbons (Fsp3) is 0.500. The van der Waals surface area contributed by atoms with Crippen LogP contribution in [0.1, 0.15) is 13.8 Å². The van der Waals surface area contributed by atoms with Gasteiger partial charge in [0.25, 0.3) is 5.91 Å². The first-order valence-electron chi connectivity index (χ1n) is 8.70. The second-order valence-corrected chi connectivity index (χ2v) is 10.3. The minimum Gasteiger partial charge on any atom is -0.343 e. The Morgan fingerprint density at radius 3 is 2.32 bits per heavy atom. The number of hydrogen-bond donors (Lipinski definition) is 0. The van der Waals surface area contributed by atoms with Gasteiger partial charge in [-0.15, -0.1) is 11.8 Å². The summed E-state index contributed by atoms with van der Waals surface area (Å²) in [6.07, 6.45) is 3.31. The Hall–Kier alpha value is -2.39. The Morgan fingerprint density at radius 2 is 1.74 bits per heavy atom. The van der Waals surface area contributed by atoms with Crippen molar-refractivity contribution in [3.8, 4) is 0 Å². The molecule has 0 saturated heterocycles. The molecular formula is C16H23N7O5S3. The van der Waals surface area contributed by atoms with Crippen molar-refractivity contribution in [2.24, 2.45) is 10.3 Å². The second kappa shape index (κ2) is 10.3. The molecule has 0 aromatic carbocycles. The quantitative estimate of drug-likeness (QED) is 0.206. The molecule has 0 bridgehead atoms. The van der Waals surface area contributed by atoms with Gasteiger partial charge in [0.2, 0.25) is 5.04 Å². The van der Waals surface area contributed by atoms with Crippen molar-refractivity contribution in [2.45, 2.75) is 23.8 Å². The van der Waals surface area contributed by atoms with Gasteiger partial charge in [-0.1, -0.05) is 22.1 Å². The third-order valence-corrected chi connectivity index (χ3v) is 6.28. The largest absolute Gasteiger partial charge is 0.447 e. The van der Waals surface area contributed by atoms with E-state index in [1.807, 2.05) is 13.8 Å². The van der Waals surface area contributed by atoms with Gasteiger partial charge in [-0.05, 0) is 20.1 Å². The summed E-state index contributed by atoms with van der Waals surface area (Å²) in [5.74, 6) is 0.124. The number of oxime groups is 2. The van der Waals surface area contributed by atoms with Gasteiger partial charge in [-0.2, -0.15) is 0 Å². The molecule has 2 heterocycles. The number of fused-ring (bicyclic) bond motifs is 1. The van der Waals surface area contributed by atoms with E-state index >= 15 is 0 Å². The minimum atomic E-state index is -0.884. The lowest BCUT2D eigenvalue weighted by atomic mass is 10.2. The Morgan fingerprint density at radius 1 is 1.13 bits per heavy atom. The maximum absolute atomic E-state index is 12.3.